The highest BCUT2D eigenvalue weighted by atomic mass is 16.7. The predicted octanol–water partition coefficient (Wildman–Crippen LogP) is 5.90. The SMILES string of the molecule is COC(=O)c1ccc2c(C3CCCCC3)c3n(c2c1)CC(C(=O)N1C[C@@H](C)O[C@@H](C)C1)=Cc1c-3ccc2c1OCO2. The number of aromatic nitrogens is 1. The molecule has 4 aliphatic rings. The minimum Gasteiger partial charge on any atom is -0.465 e. The van der Waals surface area contributed by atoms with Gasteiger partial charge in [0.05, 0.1) is 37.1 Å². The van der Waals surface area contributed by atoms with Crippen LogP contribution in [0.1, 0.15) is 73.4 Å². The molecular formula is C33H36N2O6. The van der Waals surface area contributed by atoms with Crippen LogP contribution in [0.3, 0.4) is 0 Å². The summed E-state index contributed by atoms with van der Waals surface area (Å²) < 4.78 is 25.0. The summed E-state index contributed by atoms with van der Waals surface area (Å²) in [5.74, 6) is 1.38. The summed E-state index contributed by atoms with van der Waals surface area (Å²) >= 11 is 0. The Morgan fingerprint density at radius 3 is 2.51 bits per heavy atom. The molecule has 41 heavy (non-hydrogen) atoms. The van der Waals surface area contributed by atoms with Crippen molar-refractivity contribution in [2.45, 2.75) is 70.6 Å². The maximum absolute atomic E-state index is 14.2. The molecule has 4 heterocycles. The zero-order valence-electron chi connectivity index (χ0n) is 23.9. The first kappa shape index (κ1) is 26.1. The lowest BCUT2D eigenvalue weighted by Gasteiger charge is -2.35. The van der Waals surface area contributed by atoms with Gasteiger partial charge in [0, 0.05) is 40.7 Å². The summed E-state index contributed by atoms with van der Waals surface area (Å²) in [6.07, 6.45) is 7.81. The minimum atomic E-state index is -0.373. The molecule has 1 aliphatic carbocycles. The third-order valence-electron chi connectivity index (χ3n) is 9.00. The second-order valence-electron chi connectivity index (χ2n) is 11.8. The van der Waals surface area contributed by atoms with E-state index >= 15 is 0 Å². The molecule has 0 N–H and O–H groups in total. The highest BCUT2D eigenvalue weighted by Crippen LogP contribution is 2.50. The Morgan fingerprint density at radius 2 is 1.76 bits per heavy atom. The number of carbonyl (C=O) groups excluding carboxylic acids is 2. The number of ether oxygens (including phenoxy) is 4. The van der Waals surface area contributed by atoms with Crippen LogP contribution < -0.4 is 9.47 Å². The molecular weight excluding hydrogens is 520 g/mol. The molecule has 8 nitrogen and oxygen atoms in total. The van der Waals surface area contributed by atoms with Gasteiger partial charge in [0.15, 0.2) is 11.5 Å². The van der Waals surface area contributed by atoms with Crippen LogP contribution in [-0.2, 0) is 20.8 Å². The molecule has 0 spiro atoms. The number of esters is 1. The Balaban J connectivity index is 1.47. The second kappa shape index (κ2) is 10.2. The van der Waals surface area contributed by atoms with E-state index in [1.807, 2.05) is 43.0 Å². The van der Waals surface area contributed by atoms with E-state index in [0.717, 1.165) is 40.6 Å². The van der Waals surface area contributed by atoms with Crippen LogP contribution in [0.2, 0.25) is 0 Å². The van der Waals surface area contributed by atoms with Crippen LogP contribution in [0, 0.1) is 0 Å². The number of amides is 1. The number of rotatable bonds is 3. The van der Waals surface area contributed by atoms with Gasteiger partial charge in [-0.3, -0.25) is 4.79 Å². The molecule has 214 valence electrons. The number of methoxy groups -OCH3 is 1. The van der Waals surface area contributed by atoms with E-state index in [0.29, 0.717) is 48.2 Å². The summed E-state index contributed by atoms with van der Waals surface area (Å²) in [7, 11) is 1.40. The lowest BCUT2D eigenvalue weighted by Crippen LogP contribution is -2.48. The van der Waals surface area contributed by atoms with Crippen molar-refractivity contribution < 1.29 is 28.5 Å². The van der Waals surface area contributed by atoms with Gasteiger partial charge in [0.25, 0.3) is 5.91 Å². The van der Waals surface area contributed by atoms with Crippen molar-refractivity contribution in [2.75, 3.05) is 27.0 Å². The number of hydrogen-bond acceptors (Lipinski definition) is 6. The van der Waals surface area contributed by atoms with Crippen LogP contribution in [0.15, 0.2) is 35.9 Å². The number of carbonyl (C=O) groups is 2. The zero-order chi connectivity index (χ0) is 28.2. The Hall–Kier alpha value is -3.78. The van der Waals surface area contributed by atoms with Crippen molar-refractivity contribution in [3.05, 3.63) is 52.6 Å². The van der Waals surface area contributed by atoms with Crippen molar-refractivity contribution in [1.29, 1.82) is 0 Å². The van der Waals surface area contributed by atoms with E-state index in [1.165, 1.54) is 31.9 Å². The third kappa shape index (κ3) is 4.40. The molecule has 1 saturated heterocycles. The first-order valence-electron chi connectivity index (χ1n) is 14.8. The molecule has 7 rings (SSSR count). The molecule has 1 aromatic heterocycles. The van der Waals surface area contributed by atoms with Crippen molar-refractivity contribution in [3.8, 4) is 22.8 Å². The molecule has 3 aromatic rings. The van der Waals surface area contributed by atoms with Gasteiger partial charge in [-0.15, -0.1) is 0 Å². The van der Waals surface area contributed by atoms with E-state index in [4.69, 9.17) is 18.9 Å². The Bertz CT molecular complexity index is 1570. The fourth-order valence-corrected chi connectivity index (χ4v) is 7.29. The lowest BCUT2D eigenvalue weighted by molar-refractivity contribution is -0.139. The molecule has 1 saturated carbocycles. The van der Waals surface area contributed by atoms with Crippen molar-refractivity contribution >= 4 is 28.9 Å². The molecule has 8 heteroatoms. The van der Waals surface area contributed by atoms with Crippen LogP contribution in [-0.4, -0.2) is 60.5 Å². The maximum Gasteiger partial charge on any atom is 0.337 e. The first-order chi connectivity index (χ1) is 19.9. The van der Waals surface area contributed by atoms with E-state index < -0.39 is 0 Å². The average molecular weight is 557 g/mol. The van der Waals surface area contributed by atoms with Crippen molar-refractivity contribution in [3.63, 3.8) is 0 Å². The van der Waals surface area contributed by atoms with Gasteiger partial charge in [-0.05, 0) is 68.5 Å². The second-order valence-corrected chi connectivity index (χ2v) is 11.8. The first-order valence-corrected chi connectivity index (χ1v) is 14.8. The highest BCUT2D eigenvalue weighted by Gasteiger charge is 2.35. The summed E-state index contributed by atoms with van der Waals surface area (Å²) in [5, 5.41) is 1.13. The monoisotopic (exact) mass is 556 g/mol. The third-order valence-corrected chi connectivity index (χ3v) is 9.00. The highest BCUT2D eigenvalue weighted by molar-refractivity contribution is 6.04. The summed E-state index contributed by atoms with van der Waals surface area (Å²) in [4.78, 5) is 28.8. The molecule has 2 fully saturated rings. The van der Waals surface area contributed by atoms with Crippen LogP contribution in [0.5, 0.6) is 11.5 Å². The van der Waals surface area contributed by atoms with Gasteiger partial charge in [-0.1, -0.05) is 25.3 Å². The van der Waals surface area contributed by atoms with Gasteiger partial charge >= 0.3 is 5.97 Å². The number of fused-ring (bicyclic) bond motifs is 7. The molecule has 0 unspecified atom stereocenters. The number of nitrogens with zero attached hydrogens (tertiary/aromatic N) is 2. The maximum atomic E-state index is 14.2. The lowest BCUT2D eigenvalue weighted by atomic mass is 9.81. The Kier molecular flexibility index (Phi) is 6.53. The van der Waals surface area contributed by atoms with E-state index in [1.54, 1.807) is 0 Å². The zero-order valence-corrected chi connectivity index (χ0v) is 23.9. The van der Waals surface area contributed by atoms with Gasteiger partial charge < -0.3 is 28.4 Å². The molecule has 2 aromatic carbocycles. The molecule has 0 bridgehead atoms. The largest absolute Gasteiger partial charge is 0.465 e. The van der Waals surface area contributed by atoms with E-state index in [-0.39, 0.29) is 30.9 Å². The summed E-state index contributed by atoms with van der Waals surface area (Å²) in [6.45, 7) is 5.63. The standard InChI is InChI=1S/C33H36N2O6/c1-19-15-34(16-20(2)41-19)32(36)23-13-26-24(11-12-28-31(26)40-18-39-28)30-29(21-7-5-4-6-8-21)25-10-9-22(33(37)38-3)14-27(25)35(30)17-23/h9-14,19-21H,4-8,15-18H2,1-3H3/t19-,20+. The normalized spacial score (nSPS) is 22.1. The van der Waals surface area contributed by atoms with Crippen molar-refractivity contribution in [2.24, 2.45) is 0 Å². The average Bonchev–Trinajstić information content (AvgIpc) is 3.54. The quantitative estimate of drug-likeness (QED) is 0.374. The van der Waals surface area contributed by atoms with E-state index in [2.05, 4.69) is 16.7 Å². The minimum absolute atomic E-state index is 0.00694. The fourth-order valence-electron chi connectivity index (χ4n) is 7.29. The predicted molar refractivity (Wildman–Crippen MR) is 155 cm³/mol. The van der Waals surface area contributed by atoms with Gasteiger partial charge in [0.1, 0.15) is 0 Å². The number of hydrogen-bond donors (Lipinski definition) is 0. The smallest absolute Gasteiger partial charge is 0.337 e. The Morgan fingerprint density at radius 1 is 0.976 bits per heavy atom. The topological polar surface area (TPSA) is 79.2 Å². The number of benzene rings is 2. The van der Waals surface area contributed by atoms with Crippen molar-refractivity contribution in [1.82, 2.24) is 9.47 Å². The van der Waals surface area contributed by atoms with Gasteiger partial charge in [0.2, 0.25) is 6.79 Å². The fraction of sp³-hybridized carbons (Fsp3) is 0.455. The van der Waals surface area contributed by atoms with Crippen LogP contribution in [0.25, 0.3) is 28.2 Å². The summed E-state index contributed by atoms with van der Waals surface area (Å²) in [5.41, 5.74) is 6.42. The van der Waals surface area contributed by atoms with E-state index in [9.17, 15) is 9.59 Å². The van der Waals surface area contributed by atoms with Crippen LogP contribution in [0.4, 0.5) is 0 Å². The Labute approximate surface area is 239 Å². The molecule has 3 aliphatic heterocycles. The molecule has 2 atom stereocenters. The van der Waals surface area contributed by atoms with Gasteiger partial charge in [-0.2, -0.15) is 0 Å². The number of morpholine rings is 1. The summed E-state index contributed by atoms with van der Waals surface area (Å²) in [6, 6.07) is 9.93. The molecule has 0 radical (unpaired) electrons. The van der Waals surface area contributed by atoms with Crippen LogP contribution >= 0.6 is 0 Å². The molecule has 1 amide bonds. The van der Waals surface area contributed by atoms with Gasteiger partial charge in [-0.25, -0.2) is 4.79 Å².